The van der Waals surface area contributed by atoms with Gasteiger partial charge in [-0.05, 0) is 18.9 Å². The van der Waals surface area contributed by atoms with Gasteiger partial charge in [0.15, 0.2) is 0 Å². The Bertz CT molecular complexity index is 710. The van der Waals surface area contributed by atoms with Gasteiger partial charge in [-0.2, -0.15) is 0 Å². The molecule has 1 saturated heterocycles. The fraction of sp³-hybridized carbons (Fsp3) is 0.471. The number of nitrogens with zero attached hydrogens (tertiary/aromatic N) is 3. The first-order valence-corrected chi connectivity index (χ1v) is 8.22. The van der Waals surface area contributed by atoms with Crippen molar-refractivity contribution in [2.24, 2.45) is 0 Å². The van der Waals surface area contributed by atoms with Gasteiger partial charge < -0.3 is 18.9 Å². The number of carbonyl (C=O) groups excluding carboxylic acids is 1. The van der Waals surface area contributed by atoms with Gasteiger partial charge in [0.2, 0.25) is 5.88 Å². The van der Waals surface area contributed by atoms with Crippen LogP contribution >= 0.6 is 0 Å². The summed E-state index contributed by atoms with van der Waals surface area (Å²) in [6.07, 6.45) is 3.81. The van der Waals surface area contributed by atoms with Gasteiger partial charge in [-0.1, -0.05) is 11.2 Å². The summed E-state index contributed by atoms with van der Waals surface area (Å²) in [5.74, 6) is 1.44. The fourth-order valence-electron chi connectivity index (χ4n) is 3.12. The minimum atomic E-state index is -0.292. The molecular formula is C17H19N3O4. The molecule has 1 fully saturated rings. The van der Waals surface area contributed by atoms with Crippen LogP contribution in [0, 0.1) is 0 Å². The van der Waals surface area contributed by atoms with Crippen molar-refractivity contribution in [1.82, 2.24) is 15.0 Å². The first-order chi connectivity index (χ1) is 11.8. The average Bonchev–Trinajstić information content (AvgIpc) is 3.30. The zero-order chi connectivity index (χ0) is 16.4. The van der Waals surface area contributed by atoms with Crippen LogP contribution in [0.25, 0.3) is 0 Å². The molecule has 2 aromatic heterocycles. The Morgan fingerprint density at radius 3 is 3.17 bits per heavy atom. The quantitative estimate of drug-likeness (QED) is 0.850. The molecule has 0 unspecified atom stereocenters. The molecule has 24 heavy (non-hydrogen) atoms. The van der Waals surface area contributed by atoms with Crippen molar-refractivity contribution in [3.63, 3.8) is 0 Å². The predicted octanol–water partition coefficient (Wildman–Crippen LogP) is 1.71. The molecule has 7 nitrogen and oxygen atoms in total. The summed E-state index contributed by atoms with van der Waals surface area (Å²) in [4.78, 5) is 18.5. The highest BCUT2D eigenvalue weighted by Crippen LogP contribution is 2.25. The van der Waals surface area contributed by atoms with Crippen molar-refractivity contribution >= 4 is 5.91 Å². The third kappa shape index (κ3) is 2.99. The average molecular weight is 329 g/mol. The van der Waals surface area contributed by atoms with Gasteiger partial charge in [-0.15, -0.1) is 0 Å². The SMILES string of the molecule is O=C([C@H]1CCCO1)N1CCc2onc(COc3ccccn3)c2C1. The van der Waals surface area contributed by atoms with Gasteiger partial charge in [-0.25, -0.2) is 4.98 Å². The van der Waals surface area contributed by atoms with E-state index in [-0.39, 0.29) is 18.6 Å². The van der Waals surface area contributed by atoms with Crippen LogP contribution < -0.4 is 4.74 Å². The van der Waals surface area contributed by atoms with E-state index < -0.39 is 0 Å². The van der Waals surface area contributed by atoms with Crippen LogP contribution in [-0.2, 0) is 29.1 Å². The summed E-state index contributed by atoms with van der Waals surface area (Å²) in [5.41, 5.74) is 1.67. The standard InChI is InChI=1S/C17H19N3O4/c21-17(15-4-3-9-22-15)20-8-6-14-12(10-20)13(19-24-14)11-23-16-5-1-2-7-18-16/h1-2,5,7,15H,3-4,6,8-11H2/t15-/m1/s1. The van der Waals surface area contributed by atoms with Crippen LogP contribution in [-0.4, -0.2) is 40.2 Å². The maximum absolute atomic E-state index is 12.5. The molecule has 0 radical (unpaired) electrons. The lowest BCUT2D eigenvalue weighted by molar-refractivity contribution is -0.142. The lowest BCUT2D eigenvalue weighted by atomic mass is 10.1. The van der Waals surface area contributed by atoms with Crippen molar-refractivity contribution in [2.75, 3.05) is 13.2 Å². The van der Waals surface area contributed by atoms with Gasteiger partial charge >= 0.3 is 0 Å². The van der Waals surface area contributed by atoms with Gasteiger partial charge in [0.05, 0.1) is 6.54 Å². The van der Waals surface area contributed by atoms with Crippen LogP contribution in [0.4, 0.5) is 0 Å². The molecule has 4 heterocycles. The van der Waals surface area contributed by atoms with Crippen LogP contribution in [0.1, 0.15) is 29.9 Å². The predicted molar refractivity (Wildman–Crippen MR) is 83.2 cm³/mol. The number of amides is 1. The molecule has 4 rings (SSSR count). The normalized spacial score (nSPS) is 20.0. The topological polar surface area (TPSA) is 77.7 Å². The maximum Gasteiger partial charge on any atom is 0.252 e. The molecule has 0 saturated carbocycles. The second-order valence-corrected chi connectivity index (χ2v) is 6.00. The van der Waals surface area contributed by atoms with E-state index in [1.54, 1.807) is 12.3 Å². The minimum absolute atomic E-state index is 0.0657. The molecular weight excluding hydrogens is 310 g/mol. The molecule has 0 bridgehead atoms. The van der Waals surface area contributed by atoms with Gasteiger partial charge in [0.25, 0.3) is 5.91 Å². The third-order valence-corrected chi connectivity index (χ3v) is 4.42. The number of hydrogen-bond donors (Lipinski definition) is 0. The second kappa shape index (κ2) is 6.60. The number of hydrogen-bond acceptors (Lipinski definition) is 6. The van der Waals surface area contributed by atoms with Gasteiger partial charge in [0, 0.05) is 37.4 Å². The summed E-state index contributed by atoms with van der Waals surface area (Å²) in [6.45, 7) is 2.09. The minimum Gasteiger partial charge on any atom is -0.471 e. The van der Waals surface area contributed by atoms with E-state index in [4.69, 9.17) is 14.0 Å². The van der Waals surface area contributed by atoms with E-state index in [0.29, 0.717) is 32.0 Å². The Balaban J connectivity index is 1.44. The fourth-order valence-corrected chi connectivity index (χ4v) is 3.12. The summed E-state index contributed by atoms with van der Waals surface area (Å²) in [7, 11) is 0. The molecule has 0 N–H and O–H groups in total. The largest absolute Gasteiger partial charge is 0.471 e. The molecule has 0 spiro atoms. The highest BCUT2D eigenvalue weighted by molar-refractivity contribution is 5.81. The maximum atomic E-state index is 12.5. The summed E-state index contributed by atoms with van der Waals surface area (Å²) >= 11 is 0. The van der Waals surface area contributed by atoms with Crippen LogP contribution in [0.5, 0.6) is 5.88 Å². The molecule has 2 aromatic rings. The Morgan fingerprint density at radius 1 is 1.42 bits per heavy atom. The monoisotopic (exact) mass is 329 g/mol. The van der Waals surface area contributed by atoms with E-state index in [0.717, 1.165) is 29.9 Å². The van der Waals surface area contributed by atoms with Gasteiger partial charge in [0.1, 0.15) is 24.2 Å². The zero-order valence-corrected chi connectivity index (χ0v) is 13.3. The molecule has 0 aromatic carbocycles. The Hall–Kier alpha value is -2.41. The Labute approximate surface area is 139 Å². The van der Waals surface area contributed by atoms with Crippen molar-refractivity contribution in [1.29, 1.82) is 0 Å². The number of rotatable bonds is 4. The number of fused-ring (bicyclic) bond motifs is 1. The smallest absolute Gasteiger partial charge is 0.252 e. The highest BCUT2D eigenvalue weighted by atomic mass is 16.5. The molecule has 1 atom stereocenters. The molecule has 126 valence electrons. The van der Waals surface area contributed by atoms with E-state index in [9.17, 15) is 4.79 Å². The van der Waals surface area contributed by atoms with Crippen molar-refractivity contribution in [2.45, 2.75) is 38.5 Å². The molecule has 2 aliphatic heterocycles. The van der Waals surface area contributed by atoms with Crippen molar-refractivity contribution in [3.05, 3.63) is 41.4 Å². The first-order valence-electron chi connectivity index (χ1n) is 8.22. The first kappa shape index (κ1) is 15.1. The molecule has 0 aliphatic carbocycles. The zero-order valence-electron chi connectivity index (χ0n) is 13.3. The van der Waals surface area contributed by atoms with E-state index in [1.165, 1.54) is 0 Å². The summed E-state index contributed by atoms with van der Waals surface area (Å²) in [5, 5.41) is 4.11. The molecule has 2 aliphatic rings. The van der Waals surface area contributed by atoms with E-state index in [2.05, 4.69) is 10.1 Å². The molecule has 1 amide bonds. The van der Waals surface area contributed by atoms with Crippen LogP contribution in [0.15, 0.2) is 28.9 Å². The summed E-state index contributed by atoms with van der Waals surface area (Å²) < 4.78 is 16.6. The van der Waals surface area contributed by atoms with Gasteiger partial charge in [-0.3, -0.25) is 4.79 Å². The number of pyridine rings is 1. The lowest BCUT2D eigenvalue weighted by Gasteiger charge is -2.28. The number of carbonyl (C=O) groups is 1. The Kier molecular flexibility index (Phi) is 4.17. The van der Waals surface area contributed by atoms with Crippen LogP contribution in [0.2, 0.25) is 0 Å². The second-order valence-electron chi connectivity index (χ2n) is 6.00. The van der Waals surface area contributed by atoms with Crippen LogP contribution in [0.3, 0.4) is 0 Å². The van der Waals surface area contributed by atoms with Crippen molar-refractivity contribution < 1.29 is 18.8 Å². The number of ether oxygens (including phenoxy) is 2. The van der Waals surface area contributed by atoms with Crippen molar-refractivity contribution in [3.8, 4) is 5.88 Å². The lowest BCUT2D eigenvalue weighted by Crippen LogP contribution is -2.41. The summed E-state index contributed by atoms with van der Waals surface area (Å²) in [6, 6.07) is 5.49. The Morgan fingerprint density at radius 2 is 2.38 bits per heavy atom. The molecule has 7 heteroatoms. The van der Waals surface area contributed by atoms with E-state index in [1.807, 2.05) is 17.0 Å². The highest BCUT2D eigenvalue weighted by Gasteiger charge is 2.32. The number of aromatic nitrogens is 2. The third-order valence-electron chi connectivity index (χ3n) is 4.42. The van der Waals surface area contributed by atoms with E-state index >= 15 is 0 Å².